The molecule has 9 heteroatoms. The summed E-state index contributed by atoms with van der Waals surface area (Å²) in [6, 6.07) is 3.54. The number of halogens is 3. The first-order valence-corrected chi connectivity index (χ1v) is 7.32. The molecule has 1 unspecified atom stereocenters. The van der Waals surface area contributed by atoms with Gasteiger partial charge in [0.25, 0.3) is 0 Å². The number of carboxylic acids is 1. The fraction of sp³-hybridized carbons (Fsp3) is 0.500. The van der Waals surface area contributed by atoms with Crippen LogP contribution in [-0.4, -0.2) is 47.1 Å². The summed E-state index contributed by atoms with van der Waals surface area (Å²) in [6.07, 6.45) is -5.71. The van der Waals surface area contributed by atoms with Crippen molar-refractivity contribution in [3.05, 3.63) is 29.8 Å². The third-order valence-electron chi connectivity index (χ3n) is 3.02. The fourth-order valence-corrected chi connectivity index (χ4v) is 1.90. The second-order valence-corrected chi connectivity index (χ2v) is 6.34. The van der Waals surface area contributed by atoms with Crippen molar-refractivity contribution in [2.75, 3.05) is 7.05 Å². The normalized spacial score (nSPS) is 13.1. The van der Waals surface area contributed by atoms with Crippen molar-refractivity contribution in [1.82, 2.24) is 4.90 Å². The van der Waals surface area contributed by atoms with Gasteiger partial charge in [0.05, 0.1) is 0 Å². The van der Waals surface area contributed by atoms with Crippen LogP contribution in [0.5, 0.6) is 5.75 Å². The molecule has 0 spiro atoms. The average Bonchev–Trinajstić information content (AvgIpc) is 2.42. The molecule has 0 radical (unpaired) electrons. The number of likely N-dealkylation sites (N-methyl/N-ethyl adjacent to an activating group) is 1. The summed E-state index contributed by atoms with van der Waals surface area (Å²) < 4.78 is 45.3. The highest BCUT2D eigenvalue weighted by atomic mass is 19.4. The summed E-state index contributed by atoms with van der Waals surface area (Å²) in [5.74, 6) is -1.67. The number of carboxylic acid groups (broad SMARTS) is 1. The highest BCUT2D eigenvalue weighted by Crippen LogP contribution is 2.23. The Labute approximate surface area is 143 Å². The molecule has 25 heavy (non-hydrogen) atoms. The maximum atomic E-state index is 12.1. The van der Waals surface area contributed by atoms with Crippen LogP contribution in [0.2, 0.25) is 0 Å². The quantitative estimate of drug-likeness (QED) is 0.867. The Kier molecular flexibility index (Phi) is 6.28. The predicted octanol–water partition coefficient (Wildman–Crippen LogP) is 3.45. The molecule has 0 aromatic heterocycles. The Morgan fingerprint density at radius 3 is 2.08 bits per heavy atom. The van der Waals surface area contributed by atoms with Gasteiger partial charge in [-0.15, -0.1) is 13.2 Å². The van der Waals surface area contributed by atoms with Crippen LogP contribution in [0.4, 0.5) is 18.0 Å². The zero-order chi connectivity index (χ0) is 19.4. The molecule has 140 valence electrons. The van der Waals surface area contributed by atoms with Crippen molar-refractivity contribution in [1.29, 1.82) is 0 Å². The lowest BCUT2D eigenvalue weighted by Crippen LogP contribution is -2.46. The molecule has 1 rings (SSSR count). The topological polar surface area (TPSA) is 76.1 Å². The van der Waals surface area contributed by atoms with E-state index in [1.54, 1.807) is 20.8 Å². The third-order valence-corrected chi connectivity index (χ3v) is 3.02. The van der Waals surface area contributed by atoms with Crippen LogP contribution in [-0.2, 0) is 16.0 Å². The number of alkyl halides is 3. The van der Waals surface area contributed by atoms with E-state index in [9.17, 15) is 27.9 Å². The van der Waals surface area contributed by atoms with Gasteiger partial charge in [-0.25, -0.2) is 9.59 Å². The van der Waals surface area contributed by atoms with Crippen LogP contribution in [0.15, 0.2) is 24.3 Å². The van der Waals surface area contributed by atoms with Gasteiger partial charge in [-0.05, 0) is 38.5 Å². The lowest BCUT2D eigenvalue weighted by Gasteiger charge is -2.28. The molecule has 0 fully saturated rings. The van der Waals surface area contributed by atoms with E-state index in [4.69, 9.17) is 4.74 Å². The Bertz CT molecular complexity index is 608. The third kappa shape index (κ3) is 7.32. The molecule has 0 aliphatic rings. The van der Waals surface area contributed by atoms with E-state index in [1.165, 1.54) is 19.2 Å². The van der Waals surface area contributed by atoms with E-state index in [-0.39, 0.29) is 6.42 Å². The summed E-state index contributed by atoms with van der Waals surface area (Å²) in [5.41, 5.74) is -0.359. The first-order chi connectivity index (χ1) is 11.3. The van der Waals surface area contributed by atoms with E-state index in [0.29, 0.717) is 5.56 Å². The second kappa shape index (κ2) is 7.62. The predicted molar refractivity (Wildman–Crippen MR) is 82.2 cm³/mol. The monoisotopic (exact) mass is 363 g/mol. The van der Waals surface area contributed by atoms with Crippen molar-refractivity contribution in [2.45, 2.75) is 45.2 Å². The van der Waals surface area contributed by atoms with Crippen molar-refractivity contribution < 1.29 is 37.3 Å². The van der Waals surface area contributed by atoms with Gasteiger partial charge in [-0.2, -0.15) is 0 Å². The maximum Gasteiger partial charge on any atom is 0.573 e. The van der Waals surface area contributed by atoms with Crippen LogP contribution >= 0.6 is 0 Å². The first kappa shape index (κ1) is 20.6. The molecule has 0 aliphatic heterocycles. The van der Waals surface area contributed by atoms with Gasteiger partial charge in [0.1, 0.15) is 17.4 Å². The summed E-state index contributed by atoms with van der Waals surface area (Å²) in [5, 5.41) is 9.34. The number of benzene rings is 1. The molecule has 6 nitrogen and oxygen atoms in total. The largest absolute Gasteiger partial charge is 0.573 e. The number of hydrogen-bond donors (Lipinski definition) is 1. The Balaban J connectivity index is 2.84. The zero-order valence-corrected chi connectivity index (χ0v) is 14.3. The van der Waals surface area contributed by atoms with E-state index in [2.05, 4.69) is 4.74 Å². The van der Waals surface area contributed by atoms with E-state index < -0.39 is 35.8 Å². The van der Waals surface area contributed by atoms with Gasteiger partial charge in [0, 0.05) is 13.5 Å². The Morgan fingerprint density at radius 2 is 1.68 bits per heavy atom. The molecule has 0 saturated carbocycles. The molecule has 1 amide bonds. The van der Waals surface area contributed by atoms with Crippen molar-refractivity contribution >= 4 is 12.1 Å². The van der Waals surface area contributed by atoms with Gasteiger partial charge >= 0.3 is 18.4 Å². The van der Waals surface area contributed by atoms with Crippen molar-refractivity contribution in [3.63, 3.8) is 0 Å². The van der Waals surface area contributed by atoms with Crippen molar-refractivity contribution in [3.8, 4) is 5.75 Å². The van der Waals surface area contributed by atoms with Crippen LogP contribution in [0.25, 0.3) is 0 Å². The number of carbonyl (C=O) groups is 2. The number of carbonyl (C=O) groups excluding carboxylic acids is 1. The highest BCUT2D eigenvalue weighted by molar-refractivity contribution is 5.80. The minimum Gasteiger partial charge on any atom is -0.480 e. The van der Waals surface area contributed by atoms with Gasteiger partial charge in [0.15, 0.2) is 0 Å². The molecular weight excluding hydrogens is 343 g/mol. The average molecular weight is 363 g/mol. The van der Waals surface area contributed by atoms with Crippen molar-refractivity contribution in [2.24, 2.45) is 0 Å². The zero-order valence-electron chi connectivity index (χ0n) is 14.3. The van der Waals surface area contributed by atoms with Crippen LogP contribution in [0.3, 0.4) is 0 Å². The fourth-order valence-electron chi connectivity index (χ4n) is 1.90. The van der Waals surface area contributed by atoms with Gasteiger partial charge in [-0.3, -0.25) is 4.90 Å². The Hall–Kier alpha value is -2.45. The minimum atomic E-state index is -4.80. The van der Waals surface area contributed by atoms with Gasteiger partial charge in [-0.1, -0.05) is 12.1 Å². The summed E-state index contributed by atoms with van der Waals surface area (Å²) in [7, 11) is 1.29. The molecule has 0 saturated heterocycles. The molecule has 1 aromatic rings. The standard InChI is InChI=1S/C16H20F3NO5/c1-15(2,3)25-14(23)20(4)12(13(21)22)9-10-5-7-11(8-6-10)24-16(17,18)19/h5-8,12H,9H2,1-4H3,(H,21,22). The minimum absolute atomic E-state index is 0.0998. The molecule has 0 aliphatic carbocycles. The van der Waals surface area contributed by atoms with Crippen LogP contribution in [0.1, 0.15) is 26.3 Å². The van der Waals surface area contributed by atoms with Gasteiger partial charge < -0.3 is 14.6 Å². The number of nitrogens with zero attached hydrogens (tertiary/aromatic N) is 1. The smallest absolute Gasteiger partial charge is 0.480 e. The van der Waals surface area contributed by atoms with Crippen LogP contribution in [0, 0.1) is 0 Å². The molecule has 1 N–H and O–H groups in total. The molecule has 1 atom stereocenters. The van der Waals surface area contributed by atoms with E-state index in [1.807, 2.05) is 0 Å². The van der Waals surface area contributed by atoms with E-state index in [0.717, 1.165) is 17.0 Å². The second-order valence-electron chi connectivity index (χ2n) is 6.34. The highest BCUT2D eigenvalue weighted by Gasteiger charge is 2.32. The van der Waals surface area contributed by atoms with E-state index >= 15 is 0 Å². The number of ether oxygens (including phenoxy) is 2. The van der Waals surface area contributed by atoms with Crippen LogP contribution < -0.4 is 4.74 Å². The number of aliphatic carboxylic acids is 1. The lowest BCUT2D eigenvalue weighted by atomic mass is 10.1. The number of hydrogen-bond acceptors (Lipinski definition) is 4. The number of rotatable bonds is 5. The maximum absolute atomic E-state index is 12.1. The first-order valence-electron chi connectivity index (χ1n) is 7.32. The molecule has 1 aromatic carbocycles. The molecule has 0 bridgehead atoms. The summed E-state index contributed by atoms with van der Waals surface area (Å²) >= 11 is 0. The lowest BCUT2D eigenvalue weighted by molar-refractivity contribution is -0.274. The Morgan fingerprint density at radius 1 is 1.16 bits per heavy atom. The SMILES string of the molecule is CN(C(=O)OC(C)(C)C)C(Cc1ccc(OC(F)(F)F)cc1)C(=O)O. The summed E-state index contributed by atoms with van der Waals surface area (Å²) in [6.45, 7) is 4.94. The summed E-state index contributed by atoms with van der Waals surface area (Å²) in [4.78, 5) is 24.4. The van der Waals surface area contributed by atoms with Gasteiger partial charge in [0.2, 0.25) is 0 Å². The molecule has 0 heterocycles. The number of amides is 1. The molecular formula is C16H20F3NO5.